The Kier molecular flexibility index (Phi) is 4.41. The zero-order valence-electron chi connectivity index (χ0n) is 12.5. The topological polar surface area (TPSA) is 22.0 Å². The minimum absolute atomic E-state index is 0.197. The Balaban J connectivity index is 2.05. The second kappa shape index (κ2) is 6.36. The quantitative estimate of drug-likeness (QED) is 0.691. The first-order chi connectivity index (χ1) is 11.4. The summed E-state index contributed by atoms with van der Waals surface area (Å²) in [7, 11) is 0. The second-order valence-electron chi connectivity index (χ2n) is 5.46. The minimum atomic E-state index is -4.36. The van der Waals surface area contributed by atoms with Crippen LogP contribution in [0.2, 0.25) is 0 Å². The predicted molar refractivity (Wildman–Crippen MR) is 91.4 cm³/mol. The van der Waals surface area contributed by atoms with Crippen molar-refractivity contribution in [3.05, 3.63) is 81.6 Å². The molecule has 0 amide bonds. The Bertz CT molecular complexity index is 930. The van der Waals surface area contributed by atoms with E-state index >= 15 is 0 Å². The lowest BCUT2D eigenvalue weighted by atomic mass is 10.1. The standard InChI is InChI=1S/C18H14F3NOS/c19-18(20,21)14-7-5-12(6-8-14)10-22-16-4-2-1-3-15(16)13(11-24)9-17(22)23/h1-9,24H,10-11H2. The molecule has 0 saturated heterocycles. The van der Waals surface area contributed by atoms with Crippen LogP contribution in [-0.2, 0) is 18.5 Å². The molecule has 0 radical (unpaired) electrons. The first-order valence-corrected chi connectivity index (χ1v) is 7.92. The molecule has 2 aromatic carbocycles. The van der Waals surface area contributed by atoms with Crippen LogP contribution in [0.25, 0.3) is 10.9 Å². The first-order valence-electron chi connectivity index (χ1n) is 7.28. The van der Waals surface area contributed by atoms with E-state index in [1.807, 2.05) is 24.3 Å². The summed E-state index contributed by atoms with van der Waals surface area (Å²) in [5.74, 6) is 0.441. The highest BCUT2D eigenvalue weighted by Crippen LogP contribution is 2.29. The lowest BCUT2D eigenvalue weighted by Crippen LogP contribution is -2.21. The van der Waals surface area contributed by atoms with E-state index in [1.54, 1.807) is 4.57 Å². The molecule has 0 spiro atoms. The number of alkyl halides is 3. The number of benzene rings is 2. The number of hydrogen-bond donors (Lipinski definition) is 1. The van der Waals surface area contributed by atoms with E-state index in [1.165, 1.54) is 18.2 Å². The van der Waals surface area contributed by atoms with E-state index < -0.39 is 11.7 Å². The normalized spacial score (nSPS) is 11.8. The van der Waals surface area contributed by atoms with Crippen molar-refractivity contribution in [1.82, 2.24) is 4.57 Å². The highest BCUT2D eigenvalue weighted by molar-refractivity contribution is 7.79. The van der Waals surface area contributed by atoms with E-state index in [-0.39, 0.29) is 12.1 Å². The Morgan fingerprint density at radius 3 is 2.29 bits per heavy atom. The predicted octanol–water partition coefficient (Wildman–Crippen LogP) is 4.50. The number of nitrogens with zero attached hydrogens (tertiary/aromatic N) is 1. The average Bonchev–Trinajstić information content (AvgIpc) is 2.56. The maximum Gasteiger partial charge on any atom is 0.416 e. The van der Waals surface area contributed by atoms with Gasteiger partial charge in [0, 0.05) is 17.2 Å². The summed E-state index contributed by atoms with van der Waals surface area (Å²) in [5.41, 5.74) is 1.32. The van der Waals surface area contributed by atoms with Crippen LogP contribution in [0.1, 0.15) is 16.7 Å². The molecule has 0 bridgehead atoms. The van der Waals surface area contributed by atoms with Crippen molar-refractivity contribution in [3.8, 4) is 0 Å². The van der Waals surface area contributed by atoms with Gasteiger partial charge in [-0.25, -0.2) is 0 Å². The van der Waals surface area contributed by atoms with E-state index in [9.17, 15) is 18.0 Å². The third kappa shape index (κ3) is 3.19. The molecule has 0 saturated carbocycles. The zero-order chi connectivity index (χ0) is 17.3. The van der Waals surface area contributed by atoms with Crippen LogP contribution in [0, 0.1) is 0 Å². The van der Waals surface area contributed by atoms with Gasteiger partial charge in [0.1, 0.15) is 0 Å². The molecule has 0 aliphatic heterocycles. The summed E-state index contributed by atoms with van der Waals surface area (Å²) in [6, 6.07) is 13.8. The number of thiol groups is 1. The number of pyridine rings is 1. The molecule has 124 valence electrons. The van der Waals surface area contributed by atoms with Gasteiger partial charge in [-0.15, -0.1) is 0 Å². The first kappa shape index (κ1) is 16.6. The molecule has 0 aliphatic rings. The van der Waals surface area contributed by atoms with Crippen molar-refractivity contribution in [2.75, 3.05) is 0 Å². The fourth-order valence-electron chi connectivity index (χ4n) is 2.68. The molecule has 0 atom stereocenters. The van der Waals surface area contributed by atoms with Crippen molar-refractivity contribution in [1.29, 1.82) is 0 Å². The Hall–Kier alpha value is -2.21. The monoisotopic (exact) mass is 349 g/mol. The van der Waals surface area contributed by atoms with Crippen LogP contribution in [0.3, 0.4) is 0 Å². The fraction of sp³-hybridized carbons (Fsp3) is 0.167. The maximum atomic E-state index is 12.6. The lowest BCUT2D eigenvalue weighted by molar-refractivity contribution is -0.137. The molecule has 0 unspecified atom stereocenters. The Morgan fingerprint density at radius 2 is 1.67 bits per heavy atom. The van der Waals surface area contributed by atoms with Gasteiger partial charge >= 0.3 is 6.18 Å². The smallest absolute Gasteiger partial charge is 0.304 e. The van der Waals surface area contributed by atoms with E-state index in [2.05, 4.69) is 12.6 Å². The second-order valence-corrected chi connectivity index (χ2v) is 5.78. The van der Waals surface area contributed by atoms with E-state index in [0.29, 0.717) is 11.3 Å². The number of fused-ring (bicyclic) bond motifs is 1. The van der Waals surface area contributed by atoms with Gasteiger partial charge in [-0.1, -0.05) is 30.3 Å². The molecule has 3 rings (SSSR count). The summed E-state index contributed by atoms with van der Waals surface area (Å²) in [6.45, 7) is 0.213. The number of halogens is 3. The van der Waals surface area contributed by atoms with Gasteiger partial charge in [0.05, 0.1) is 17.6 Å². The van der Waals surface area contributed by atoms with Gasteiger partial charge in [0.15, 0.2) is 0 Å². The summed E-state index contributed by atoms with van der Waals surface area (Å²) < 4.78 is 39.5. The summed E-state index contributed by atoms with van der Waals surface area (Å²) in [6.07, 6.45) is -4.36. The third-order valence-electron chi connectivity index (χ3n) is 3.90. The van der Waals surface area contributed by atoms with Gasteiger partial charge in [-0.2, -0.15) is 25.8 Å². The Morgan fingerprint density at radius 1 is 1.00 bits per heavy atom. The van der Waals surface area contributed by atoms with E-state index in [4.69, 9.17) is 0 Å². The molecule has 1 aromatic heterocycles. The highest BCUT2D eigenvalue weighted by atomic mass is 32.1. The molecule has 24 heavy (non-hydrogen) atoms. The lowest BCUT2D eigenvalue weighted by Gasteiger charge is -2.13. The zero-order valence-corrected chi connectivity index (χ0v) is 13.4. The molecule has 2 nitrogen and oxygen atoms in total. The van der Waals surface area contributed by atoms with Crippen LogP contribution in [0.4, 0.5) is 13.2 Å². The van der Waals surface area contributed by atoms with E-state index in [0.717, 1.165) is 28.6 Å². The van der Waals surface area contributed by atoms with Crippen LogP contribution in [0.15, 0.2) is 59.4 Å². The largest absolute Gasteiger partial charge is 0.416 e. The summed E-state index contributed by atoms with van der Waals surface area (Å²) >= 11 is 4.25. The van der Waals surface area contributed by atoms with Gasteiger partial charge < -0.3 is 4.57 Å². The van der Waals surface area contributed by atoms with Crippen molar-refractivity contribution >= 4 is 23.5 Å². The number of hydrogen-bond acceptors (Lipinski definition) is 2. The van der Waals surface area contributed by atoms with Crippen molar-refractivity contribution in [2.45, 2.75) is 18.5 Å². The van der Waals surface area contributed by atoms with Crippen molar-refractivity contribution in [2.24, 2.45) is 0 Å². The molecule has 3 aromatic rings. The Labute approximate surface area is 142 Å². The minimum Gasteiger partial charge on any atom is -0.304 e. The van der Waals surface area contributed by atoms with Gasteiger partial charge in [-0.3, -0.25) is 4.79 Å². The van der Waals surface area contributed by atoms with Crippen LogP contribution >= 0.6 is 12.6 Å². The third-order valence-corrected chi connectivity index (χ3v) is 4.24. The molecule has 6 heteroatoms. The van der Waals surface area contributed by atoms with Crippen LogP contribution < -0.4 is 5.56 Å². The SMILES string of the molecule is O=c1cc(CS)c2ccccc2n1Cc1ccc(C(F)(F)F)cc1. The molecule has 0 aliphatic carbocycles. The number of aromatic nitrogens is 1. The summed E-state index contributed by atoms with van der Waals surface area (Å²) in [4.78, 5) is 12.4. The number of para-hydroxylation sites is 1. The number of rotatable bonds is 3. The molecular weight excluding hydrogens is 335 g/mol. The molecule has 1 heterocycles. The molecule has 0 N–H and O–H groups in total. The van der Waals surface area contributed by atoms with Gasteiger partial charge in [0.2, 0.25) is 0 Å². The van der Waals surface area contributed by atoms with Crippen molar-refractivity contribution < 1.29 is 13.2 Å². The van der Waals surface area contributed by atoms with Crippen molar-refractivity contribution in [3.63, 3.8) is 0 Å². The molecule has 0 fully saturated rings. The van der Waals surface area contributed by atoms with Gasteiger partial charge in [0.25, 0.3) is 5.56 Å². The van der Waals surface area contributed by atoms with Crippen LogP contribution in [0.5, 0.6) is 0 Å². The molecular formula is C18H14F3NOS. The maximum absolute atomic E-state index is 12.6. The highest BCUT2D eigenvalue weighted by Gasteiger charge is 2.29. The summed E-state index contributed by atoms with van der Waals surface area (Å²) in [5, 5.41) is 0.916. The van der Waals surface area contributed by atoms with Gasteiger partial charge in [-0.05, 0) is 29.3 Å². The average molecular weight is 349 g/mol. The van der Waals surface area contributed by atoms with Crippen LogP contribution in [-0.4, -0.2) is 4.57 Å². The fourth-order valence-corrected chi connectivity index (χ4v) is 2.94.